The largest absolute Gasteiger partial charge is 0.344 e. The van der Waals surface area contributed by atoms with Gasteiger partial charge in [-0.3, -0.25) is 0 Å². The molecule has 0 aliphatic carbocycles. The van der Waals surface area contributed by atoms with Crippen molar-refractivity contribution in [2.45, 2.75) is 59.0 Å². The molecule has 1 aliphatic heterocycles. The fraction of sp³-hybridized carbons (Fsp3) is 0.562. The lowest BCUT2D eigenvalue weighted by Crippen LogP contribution is -2.49. The van der Waals surface area contributed by atoms with Crippen LogP contribution in [0.15, 0.2) is 18.2 Å². The summed E-state index contributed by atoms with van der Waals surface area (Å²) in [5.74, 6) is 0. The Hall–Kier alpha value is -1.09. The smallest absolute Gasteiger partial charge is 0.173 e. The predicted octanol–water partition coefficient (Wildman–Crippen LogP) is 4.26. The molecule has 104 valence electrons. The summed E-state index contributed by atoms with van der Waals surface area (Å²) in [4.78, 5) is 2.36. The average molecular weight is 276 g/mol. The summed E-state index contributed by atoms with van der Waals surface area (Å²) in [6.45, 7) is 8.78. The molecule has 19 heavy (non-hydrogen) atoms. The van der Waals surface area contributed by atoms with Crippen molar-refractivity contribution in [3.63, 3.8) is 0 Å². The van der Waals surface area contributed by atoms with E-state index >= 15 is 0 Å². The van der Waals surface area contributed by atoms with Crippen LogP contribution in [0.25, 0.3) is 0 Å². The third kappa shape index (κ3) is 3.27. The quantitative estimate of drug-likeness (QED) is 0.771. The Kier molecular flexibility index (Phi) is 4.46. The van der Waals surface area contributed by atoms with Gasteiger partial charge in [-0.15, -0.1) is 0 Å². The van der Waals surface area contributed by atoms with Crippen molar-refractivity contribution < 1.29 is 0 Å². The molecule has 0 amide bonds. The molecule has 0 bridgehead atoms. The van der Waals surface area contributed by atoms with Crippen LogP contribution in [0.2, 0.25) is 0 Å². The van der Waals surface area contributed by atoms with Crippen molar-refractivity contribution in [2.75, 3.05) is 5.32 Å². The number of nitrogens with one attached hydrogen (secondary N) is 1. The van der Waals surface area contributed by atoms with Crippen LogP contribution in [0.3, 0.4) is 0 Å². The SMILES string of the molecule is Cc1ccc(NC(=S)N2[C@@H](C)CCC[C@@H]2C)c(C)c1. The molecule has 1 N–H and O–H groups in total. The standard InChI is InChI=1S/C16H24N2S/c1-11-8-9-15(12(2)10-11)17-16(19)18-13(3)6-5-7-14(18)4/h8-10,13-14H,5-7H2,1-4H3,(H,17,19)/t13-,14-/m0/s1. The van der Waals surface area contributed by atoms with Gasteiger partial charge in [-0.1, -0.05) is 17.7 Å². The maximum Gasteiger partial charge on any atom is 0.173 e. The third-order valence-corrected chi connectivity index (χ3v) is 4.36. The van der Waals surface area contributed by atoms with E-state index in [0.29, 0.717) is 12.1 Å². The highest BCUT2D eigenvalue weighted by Gasteiger charge is 2.26. The van der Waals surface area contributed by atoms with Gasteiger partial charge in [0.2, 0.25) is 0 Å². The Labute approximate surface area is 122 Å². The molecule has 0 saturated carbocycles. The minimum atomic E-state index is 0.537. The van der Waals surface area contributed by atoms with Gasteiger partial charge in [0.25, 0.3) is 0 Å². The summed E-state index contributed by atoms with van der Waals surface area (Å²) in [7, 11) is 0. The minimum Gasteiger partial charge on any atom is -0.344 e. The lowest BCUT2D eigenvalue weighted by atomic mass is 9.98. The van der Waals surface area contributed by atoms with E-state index < -0.39 is 0 Å². The minimum absolute atomic E-state index is 0.537. The summed E-state index contributed by atoms with van der Waals surface area (Å²) >= 11 is 5.62. The highest BCUT2D eigenvalue weighted by molar-refractivity contribution is 7.80. The lowest BCUT2D eigenvalue weighted by Gasteiger charge is -2.41. The molecule has 2 nitrogen and oxygen atoms in total. The number of nitrogens with zero attached hydrogens (tertiary/aromatic N) is 1. The molecule has 3 heteroatoms. The molecule has 2 atom stereocenters. The zero-order valence-electron chi connectivity index (χ0n) is 12.4. The second kappa shape index (κ2) is 5.91. The molecule has 2 rings (SSSR count). The second-order valence-electron chi connectivity index (χ2n) is 5.78. The summed E-state index contributed by atoms with van der Waals surface area (Å²) in [6.07, 6.45) is 3.78. The first-order valence-electron chi connectivity index (χ1n) is 7.15. The zero-order valence-corrected chi connectivity index (χ0v) is 13.2. The number of piperidine rings is 1. The van der Waals surface area contributed by atoms with E-state index in [2.05, 4.69) is 56.1 Å². The van der Waals surface area contributed by atoms with Crippen LogP contribution >= 0.6 is 12.2 Å². The number of aryl methyl sites for hydroxylation is 2. The van der Waals surface area contributed by atoms with Gasteiger partial charge in [-0.2, -0.15) is 0 Å². The van der Waals surface area contributed by atoms with E-state index in [1.807, 2.05) is 0 Å². The van der Waals surface area contributed by atoms with E-state index in [1.165, 1.54) is 30.4 Å². The summed E-state index contributed by atoms with van der Waals surface area (Å²) in [5, 5.41) is 4.29. The first-order chi connectivity index (χ1) is 8.99. The van der Waals surface area contributed by atoms with E-state index in [4.69, 9.17) is 12.2 Å². The van der Waals surface area contributed by atoms with E-state index in [0.717, 1.165) is 10.8 Å². The number of hydrogen-bond donors (Lipinski definition) is 1. The van der Waals surface area contributed by atoms with Gasteiger partial charge in [0.1, 0.15) is 0 Å². The summed E-state index contributed by atoms with van der Waals surface area (Å²) in [5.41, 5.74) is 3.66. The van der Waals surface area contributed by atoms with Crippen molar-refractivity contribution >= 4 is 23.0 Å². The van der Waals surface area contributed by atoms with Gasteiger partial charge in [-0.25, -0.2) is 0 Å². The van der Waals surface area contributed by atoms with Crippen molar-refractivity contribution in [1.82, 2.24) is 4.90 Å². The maximum absolute atomic E-state index is 5.62. The number of hydrogen-bond acceptors (Lipinski definition) is 1. The predicted molar refractivity (Wildman–Crippen MR) is 86.8 cm³/mol. The highest BCUT2D eigenvalue weighted by Crippen LogP contribution is 2.24. The van der Waals surface area contributed by atoms with Crippen LogP contribution in [0.4, 0.5) is 5.69 Å². The van der Waals surface area contributed by atoms with Crippen molar-refractivity contribution in [1.29, 1.82) is 0 Å². The lowest BCUT2D eigenvalue weighted by molar-refractivity contribution is 0.194. The summed E-state index contributed by atoms with van der Waals surface area (Å²) < 4.78 is 0. The fourth-order valence-corrected chi connectivity index (χ4v) is 3.43. The Morgan fingerprint density at radius 1 is 1.21 bits per heavy atom. The zero-order chi connectivity index (χ0) is 14.0. The molecule has 1 heterocycles. The van der Waals surface area contributed by atoms with Crippen LogP contribution in [-0.2, 0) is 0 Å². The third-order valence-electron chi connectivity index (χ3n) is 4.05. The molecular formula is C16H24N2S. The van der Waals surface area contributed by atoms with Gasteiger partial charge in [0.15, 0.2) is 5.11 Å². The Morgan fingerprint density at radius 2 is 1.84 bits per heavy atom. The van der Waals surface area contributed by atoms with Crippen LogP contribution < -0.4 is 5.32 Å². The Bertz CT molecular complexity index is 460. The normalized spacial score (nSPS) is 23.3. The Balaban J connectivity index is 2.11. The highest BCUT2D eigenvalue weighted by atomic mass is 32.1. The summed E-state index contributed by atoms with van der Waals surface area (Å²) in [6, 6.07) is 7.51. The monoisotopic (exact) mass is 276 g/mol. The number of anilines is 1. The molecule has 1 aromatic carbocycles. The fourth-order valence-electron chi connectivity index (χ4n) is 2.96. The first kappa shape index (κ1) is 14.3. The molecule has 0 spiro atoms. The number of rotatable bonds is 1. The topological polar surface area (TPSA) is 15.3 Å². The molecule has 0 radical (unpaired) electrons. The van der Waals surface area contributed by atoms with Crippen LogP contribution in [-0.4, -0.2) is 22.1 Å². The van der Waals surface area contributed by atoms with Gasteiger partial charge in [-0.05, 0) is 70.8 Å². The molecule has 1 fully saturated rings. The van der Waals surface area contributed by atoms with Crippen LogP contribution in [0.5, 0.6) is 0 Å². The van der Waals surface area contributed by atoms with Crippen molar-refractivity contribution in [3.05, 3.63) is 29.3 Å². The van der Waals surface area contributed by atoms with Crippen molar-refractivity contribution in [2.24, 2.45) is 0 Å². The maximum atomic E-state index is 5.62. The van der Waals surface area contributed by atoms with Gasteiger partial charge in [0, 0.05) is 17.8 Å². The molecule has 0 aromatic heterocycles. The molecule has 0 unspecified atom stereocenters. The van der Waals surface area contributed by atoms with Gasteiger partial charge >= 0.3 is 0 Å². The average Bonchev–Trinajstić information content (AvgIpc) is 2.32. The van der Waals surface area contributed by atoms with E-state index in [1.54, 1.807) is 0 Å². The Morgan fingerprint density at radius 3 is 2.42 bits per heavy atom. The van der Waals surface area contributed by atoms with Crippen LogP contribution in [0.1, 0.15) is 44.2 Å². The van der Waals surface area contributed by atoms with E-state index in [-0.39, 0.29) is 0 Å². The van der Waals surface area contributed by atoms with Gasteiger partial charge in [0.05, 0.1) is 0 Å². The van der Waals surface area contributed by atoms with Crippen LogP contribution in [0, 0.1) is 13.8 Å². The molecule has 1 aromatic rings. The number of thiocarbonyl (C=S) groups is 1. The van der Waals surface area contributed by atoms with E-state index in [9.17, 15) is 0 Å². The van der Waals surface area contributed by atoms with Crippen molar-refractivity contribution in [3.8, 4) is 0 Å². The van der Waals surface area contributed by atoms with Gasteiger partial charge < -0.3 is 10.2 Å². The first-order valence-corrected chi connectivity index (χ1v) is 7.56. The molecule has 1 saturated heterocycles. The molecule has 1 aliphatic rings. The molecular weight excluding hydrogens is 252 g/mol. The number of likely N-dealkylation sites (tertiary alicyclic amines) is 1. The second-order valence-corrected chi connectivity index (χ2v) is 6.17. The number of benzene rings is 1.